The molecule has 0 N–H and O–H groups in total. The van der Waals surface area contributed by atoms with Gasteiger partial charge in [0.25, 0.3) is 0 Å². The molecule has 70 heavy (non-hydrogen) atoms. The van der Waals surface area contributed by atoms with E-state index < -0.39 is 18.3 Å². The summed E-state index contributed by atoms with van der Waals surface area (Å²) in [6.07, 6.45) is 14.1. The lowest BCUT2D eigenvalue weighted by molar-refractivity contribution is 0.00578. The first kappa shape index (κ1) is 52.6. The predicted molar refractivity (Wildman–Crippen MR) is 299 cm³/mol. The van der Waals surface area contributed by atoms with Crippen molar-refractivity contribution in [2.45, 2.75) is 144 Å². The number of hydrogen-bond acceptors (Lipinski definition) is 10. The van der Waals surface area contributed by atoms with E-state index in [-0.39, 0.29) is 11.6 Å². The zero-order valence-corrected chi connectivity index (χ0v) is 46.5. The van der Waals surface area contributed by atoms with Gasteiger partial charge >= 0.3 is 7.12 Å². The Bertz CT molecular complexity index is 3000. The molecule has 0 bridgehead atoms. The van der Waals surface area contributed by atoms with Crippen molar-refractivity contribution in [3.05, 3.63) is 112 Å². The number of thiophene rings is 2. The predicted octanol–water partition coefficient (Wildman–Crippen LogP) is 17.8. The molecule has 2 unspecified atom stereocenters. The Balaban J connectivity index is 0.000000193. The maximum absolute atomic E-state index is 15.3. The van der Waals surface area contributed by atoms with E-state index in [2.05, 4.69) is 91.5 Å². The average molecular weight is 1080 g/mol. The summed E-state index contributed by atoms with van der Waals surface area (Å²) in [5, 5.41) is 0. The topological polar surface area (TPSA) is 70.0 Å². The highest BCUT2D eigenvalue weighted by Crippen LogP contribution is 2.42. The lowest BCUT2D eigenvalue weighted by atomic mass is 9.77. The zero-order chi connectivity index (χ0) is 49.6. The van der Waals surface area contributed by atoms with Gasteiger partial charge < -0.3 is 9.31 Å². The van der Waals surface area contributed by atoms with Crippen LogP contribution in [0.1, 0.15) is 131 Å². The SMILES string of the molecule is CCCCC(CC)CCc1ccc(-c2ccc(-c3ccc(B4OC(C)(C)C(C)(C)O4)c4nsnc34)s2)c(F)c1.CCCCC(CC)CCc1ccc(-c2ccc(-c3ccc(Br)c4nsnc34)s2)c(F)c1. The maximum Gasteiger partial charge on any atom is 0.497 e. The fourth-order valence-electron chi connectivity index (χ4n) is 9.19. The minimum absolute atomic E-state index is 0.135. The van der Waals surface area contributed by atoms with Gasteiger partial charge in [-0.05, 0) is 135 Å². The lowest BCUT2D eigenvalue weighted by Gasteiger charge is -2.32. The number of nitrogens with zero attached hydrogens (tertiary/aromatic N) is 4. The molecular formula is C56H64BBrF2N4O2S4. The Labute approximate surface area is 438 Å². The molecule has 1 saturated heterocycles. The van der Waals surface area contributed by atoms with E-state index in [1.807, 2.05) is 70.2 Å². The number of hydrogen-bond donors (Lipinski definition) is 0. The van der Waals surface area contributed by atoms with Crippen LogP contribution in [0.15, 0.2) is 89.4 Å². The fraction of sp³-hybridized carbons (Fsp3) is 0.429. The van der Waals surface area contributed by atoms with Crippen LogP contribution in [0.25, 0.3) is 63.8 Å². The molecular weight excluding hydrogens is 1020 g/mol. The Kier molecular flexibility index (Phi) is 17.6. The number of fused-ring (bicyclic) bond motifs is 2. The maximum atomic E-state index is 15.3. The van der Waals surface area contributed by atoms with Crippen molar-refractivity contribution in [1.29, 1.82) is 0 Å². The number of halogens is 3. The van der Waals surface area contributed by atoms with Crippen molar-refractivity contribution >= 4 is 96.7 Å². The summed E-state index contributed by atoms with van der Waals surface area (Å²) in [5.41, 5.74) is 8.93. The van der Waals surface area contributed by atoms with E-state index in [1.165, 1.54) is 74.8 Å². The molecule has 4 aromatic heterocycles. The van der Waals surface area contributed by atoms with Crippen molar-refractivity contribution in [2.24, 2.45) is 11.8 Å². The zero-order valence-electron chi connectivity index (χ0n) is 41.7. The molecule has 0 radical (unpaired) electrons. The van der Waals surface area contributed by atoms with Crippen LogP contribution < -0.4 is 5.46 Å². The molecule has 1 aliphatic heterocycles. The van der Waals surface area contributed by atoms with Gasteiger partial charge in [0.2, 0.25) is 0 Å². The third-order valence-electron chi connectivity index (χ3n) is 14.4. The van der Waals surface area contributed by atoms with Crippen molar-refractivity contribution in [1.82, 2.24) is 17.5 Å². The Morgan fingerprint density at radius 2 is 0.943 bits per heavy atom. The third-order valence-corrected chi connectivity index (χ3v) is 18.4. The van der Waals surface area contributed by atoms with E-state index in [1.54, 1.807) is 34.8 Å². The van der Waals surface area contributed by atoms with Gasteiger partial charge in [0.05, 0.1) is 34.7 Å². The van der Waals surface area contributed by atoms with Crippen LogP contribution in [-0.4, -0.2) is 35.8 Å². The smallest absolute Gasteiger partial charge is 0.399 e. The number of aromatic nitrogens is 4. The number of aryl methyl sites for hydroxylation is 2. The van der Waals surface area contributed by atoms with Crippen molar-refractivity contribution in [2.75, 3.05) is 0 Å². The molecule has 9 rings (SSSR count). The summed E-state index contributed by atoms with van der Waals surface area (Å²) in [5.74, 6) is 1.18. The summed E-state index contributed by atoms with van der Waals surface area (Å²) in [6, 6.07) is 27.7. The molecule has 0 amide bonds. The van der Waals surface area contributed by atoms with E-state index in [4.69, 9.17) is 9.31 Å². The normalized spacial score (nSPS) is 15.2. The summed E-state index contributed by atoms with van der Waals surface area (Å²) < 4.78 is 61.8. The van der Waals surface area contributed by atoms with E-state index >= 15 is 4.39 Å². The molecule has 8 aromatic rings. The van der Waals surface area contributed by atoms with Crippen LogP contribution in [0.4, 0.5) is 8.78 Å². The van der Waals surface area contributed by atoms with E-state index in [0.29, 0.717) is 11.1 Å². The van der Waals surface area contributed by atoms with Crippen molar-refractivity contribution in [3.63, 3.8) is 0 Å². The van der Waals surface area contributed by atoms with Gasteiger partial charge in [-0.15, -0.1) is 22.7 Å². The summed E-state index contributed by atoms with van der Waals surface area (Å²) in [7, 11) is -0.499. The Morgan fingerprint density at radius 1 is 0.529 bits per heavy atom. The molecule has 0 aliphatic carbocycles. The second-order valence-corrected chi connectivity index (χ2v) is 23.8. The first-order chi connectivity index (χ1) is 33.7. The molecule has 1 aliphatic rings. The van der Waals surface area contributed by atoms with E-state index in [0.717, 1.165) is 111 Å². The van der Waals surface area contributed by atoms with Gasteiger partial charge in [-0.1, -0.05) is 122 Å². The van der Waals surface area contributed by atoms with E-state index in [9.17, 15) is 4.39 Å². The highest BCUT2D eigenvalue weighted by Gasteiger charge is 2.52. The van der Waals surface area contributed by atoms with Crippen molar-refractivity contribution < 1.29 is 18.1 Å². The monoisotopic (exact) mass is 1080 g/mol. The molecule has 6 nitrogen and oxygen atoms in total. The first-order valence-corrected chi connectivity index (χ1v) is 28.9. The van der Waals surface area contributed by atoms with Crippen LogP contribution >= 0.6 is 62.1 Å². The second-order valence-electron chi connectivity index (χ2n) is 19.7. The summed E-state index contributed by atoms with van der Waals surface area (Å²) in [6.45, 7) is 17.2. The number of benzene rings is 4. The Hall–Kier alpha value is -3.76. The van der Waals surface area contributed by atoms with Gasteiger partial charge in [0, 0.05) is 51.7 Å². The third kappa shape index (κ3) is 11.9. The highest BCUT2D eigenvalue weighted by molar-refractivity contribution is 9.10. The summed E-state index contributed by atoms with van der Waals surface area (Å²) in [4.78, 5) is 3.96. The van der Waals surface area contributed by atoms with Crippen LogP contribution in [0.3, 0.4) is 0 Å². The van der Waals surface area contributed by atoms with Crippen LogP contribution in [0.5, 0.6) is 0 Å². The number of rotatable bonds is 19. The largest absolute Gasteiger partial charge is 0.497 e. The minimum atomic E-state index is -0.499. The van der Waals surface area contributed by atoms with Crippen molar-refractivity contribution in [3.8, 4) is 41.8 Å². The first-order valence-electron chi connectivity index (χ1n) is 25.0. The molecule has 2 atom stereocenters. The Morgan fingerprint density at radius 3 is 1.40 bits per heavy atom. The van der Waals surface area contributed by atoms with Gasteiger partial charge in [-0.2, -0.15) is 17.5 Å². The molecule has 14 heteroatoms. The second kappa shape index (κ2) is 23.4. The van der Waals surface area contributed by atoms with Crippen LogP contribution in [-0.2, 0) is 22.2 Å². The molecule has 5 heterocycles. The standard InChI is InChI=1S/C31H38BFN2O2S2.C25H26BrFN2S2/c1-7-9-10-20(8-2)11-12-21-13-14-22(25(33)19-21)26-17-18-27(38-26)23-15-16-24(29-28(23)34-39-35-29)32-36-30(3,4)31(5,6)37-32;1-3-5-6-16(4-2)7-8-17-9-10-18(21(27)15-17)22-13-14-23(30-22)19-11-12-20(26)25-24(19)28-31-29-25/h13-20H,7-12H2,1-6H3;9-16H,3-8H2,1-2H3. The molecule has 1 fully saturated rings. The quantitative estimate of drug-likeness (QED) is 0.0752. The molecule has 4 aromatic carbocycles. The molecule has 0 spiro atoms. The van der Waals surface area contributed by atoms with Gasteiger partial charge in [0.15, 0.2) is 0 Å². The van der Waals surface area contributed by atoms with Gasteiger partial charge in [-0.3, -0.25) is 0 Å². The van der Waals surface area contributed by atoms with Gasteiger partial charge in [-0.25, -0.2) is 8.78 Å². The summed E-state index contributed by atoms with van der Waals surface area (Å²) >= 11 is 9.11. The minimum Gasteiger partial charge on any atom is -0.399 e. The van der Waals surface area contributed by atoms with Gasteiger partial charge in [0.1, 0.15) is 33.7 Å². The lowest BCUT2D eigenvalue weighted by Crippen LogP contribution is -2.41. The van der Waals surface area contributed by atoms with Crippen LogP contribution in [0.2, 0.25) is 0 Å². The molecule has 0 saturated carbocycles. The fourth-order valence-corrected chi connectivity index (χ4v) is 13.0. The highest BCUT2D eigenvalue weighted by atomic mass is 79.9. The number of unbranched alkanes of at least 4 members (excludes halogenated alkanes) is 2. The van der Waals surface area contributed by atoms with Crippen LogP contribution in [0, 0.1) is 23.5 Å². The molecule has 368 valence electrons. The average Bonchev–Trinajstić information content (AvgIpc) is 4.21.